The van der Waals surface area contributed by atoms with Crippen LogP contribution in [0.4, 0.5) is 0 Å². The number of aliphatic hydroxyl groups excluding tert-OH is 3. The molecule has 15 nitrogen and oxygen atoms in total. The molecule has 6 N–H and O–H groups in total. The molecular formula is C31H38N2O13. The number of carboxylic acids is 2. The van der Waals surface area contributed by atoms with Gasteiger partial charge in [-0.3, -0.25) is 14.9 Å². The first-order valence-electron chi connectivity index (χ1n) is 14.6. The number of carbonyl (C=O) groups excluding carboxylic acids is 2. The molecule has 4 rings (SSSR count). The summed E-state index contributed by atoms with van der Waals surface area (Å²) in [7, 11) is 2.87. The Morgan fingerprint density at radius 2 is 1.59 bits per heavy atom. The number of aliphatic carboxylic acids is 2. The average molecular weight is 647 g/mol. The highest BCUT2D eigenvalue weighted by molar-refractivity contribution is 5.89. The fourth-order valence-corrected chi connectivity index (χ4v) is 5.55. The molecule has 15 heteroatoms. The normalized spacial score (nSPS) is 25.5. The van der Waals surface area contributed by atoms with Crippen molar-refractivity contribution in [2.24, 2.45) is 0 Å². The zero-order valence-electron chi connectivity index (χ0n) is 25.4. The number of carboxylic acid groups (broad SMARTS) is 2. The van der Waals surface area contributed by atoms with E-state index >= 15 is 0 Å². The van der Waals surface area contributed by atoms with Crippen LogP contribution in [0.15, 0.2) is 42.5 Å². The van der Waals surface area contributed by atoms with Crippen LogP contribution < -0.4 is 14.8 Å². The second-order valence-electron chi connectivity index (χ2n) is 11.1. The number of hydrogen-bond acceptors (Lipinski definition) is 12. The first-order valence-corrected chi connectivity index (χ1v) is 14.6. The van der Waals surface area contributed by atoms with Crippen molar-refractivity contribution >= 4 is 23.8 Å². The lowest BCUT2D eigenvalue weighted by molar-refractivity contribution is -0.287. The number of nitrogens with zero attached hydrogens (tertiary/aromatic N) is 1. The fourth-order valence-electron chi connectivity index (χ4n) is 5.55. The van der Waals surface area contributed by atoms with Gasteiger partial charge in [-0.05, 0) is 48.6 Å². The van der Waals surface area contributed by atoms with Crippen LogP contribution in [0.25, 0.3) is 0 Å². The third-order valence-corrected chi connectivity index (χ3v) is 8.12. The first-order chi connectivity index (χ1) is 21.9. The lowest BCUT2D eigenvalue weighted by Gasteiger charge is -2.41. The summed E-state index contributed by atoms with van der Waals surface area (Å²) in [4.78, 5) is 52.3. The highest BCUT2D eigenvalue weighted by atomic mass is 16.7. The topological polar surface area (TPSA) is 222 Å². The number of nitrogens with one attached hydrogen (secondary N) is 1. The third-order valence-electron chi connectivity index (χ3n) is 8.12. The molecule has 2 aliphatic rings. The molecule has 2 aliphatic heterocycles. The molecule has 1 amide bonds. The van der Waals surface area contributed by atoms with Gasteiger partial charge in [-0.1, -0.05) is 30.3 Å². The number of benzene rings is 2. The van der Waals surface area contributed by atoms with E-state index in [1.165, 1.54) is 26.0 Å². The van der Waals surface area contributed by atoms with Gasteiger partial charge in [0, 0.05) is 13.0 Å². The molecule has 0 saturated carbocycles. The molecule has 250 valence electrons. The Morgan fingerprint density at radius 1 is 0.957 bits per heavy atom. The molecular weight excluding hydrogens is 608 g/mol. The van der Waals surface area contributed by atoms with Crippen LogP contribution in [-0.4, -0.2) is 117 Å². The zero-order chi connectivity index (χ0) is 33.7. The van der Waals surface area contributed by atoms with Crippen molar-refractivity contribution in [2.75, 3.05) is 14.2 Å². The van der Waals surface area contributed by atoms with E-state index in [1.54, 1.807) is 12.1 Å². The van der Waals surface area contributed by atoms with Gasteiger partial charge in [0.2, 0.25) is 12.2 Å². The molecule has 0 radical (unpaired) electrons. The zero-order valence-corrected chi connectivity index (χ0v) is 25.4. The van der Waals surface area contributed by atoms with Gasteiger partial charge in [0.15, 0.2) is 17.6 Å². The molecule has 8 atom stereocenters. The molecule has 0 aliphatic carbocycles. The number of rotatable bonds is 12. The maximum atomic E-state index is 13.9. The number of esters is 1. The van der Waals surface area contributed by atoms with Gasteiger partial charge in [-0.25, -0.2) is 9.59 Å². The summed E-state index contributed by atoms with van der Waals surface area (Å²) < 4.78 is 21.2. The Bertz CT molecular complexity index is 1420. The van der Waals surface area contributed by atoms with Crippen molar-refractivity contribution < 1.29 is 63.7 Å². The van der Waals surface area contributed by atoms with Crippen LogP contribution in [0.1, 0.15) is 30.0 Å². The molecule has 1 fully saturated rings. The fraction of sp³-hybridized carbons (Fsp3) is 0.484. The van der Waals surface area contributed by atoms with E-state index in [4.69, 9.17) is 18.9 Å². The molecule has 46 heavy (non-hydrogen) atoms. The van der Waals surface area contributed by atoms with Gasteiger partial charge >= 0.3 is 17.9 Å². The van der Waals surface area contributed by atoms with Crippen LogP contribution in [0, 0.1) is 0 Å². The Balaban J connectivity index is 1.59. The summed E-state index contributed by atoms with van der Waals surface area (Å²) >= 11 is 0. The number of amides is 1. The van der Waals surface area contributed by atoms with E-state index < -0.39 is 72.6 Å². The van der Waals surface area contributed by atoms with E-state index in [0.717, 1.165) is 5.56 Å². The minimum absolute atomic E-state index is 0.111. The monoisotopic (exact) mass is 646 g/mol. The lowest BCUT2D eigenvalue weighted by Crippen LogP contribution is -2.62. The van der Waals surface area contributed by atoms with Gasteiger partial charge in [-0.2, -0.15) is 0 Å². The minimum Gasteiger partial charge on any atom is -0.493 e. The molecule has 2 aromatic rings. The first kappa shape index (κ1) is 34.6. The van der Waals surface area contributed by atoms with E-state index in [0.29, 0.717) is 29.0 Å². The number of aryl methyl sites for hydroxylation is 1. The molecule has 0 bridgehead atoms. The van der Waals surface area contributed by atoms with Crippen molar-refractivity contribution in [3.8, 4) is 11.5 Å². The summed E-state index contributed by atoms with van der Waals surface area (Å²) in [5.74, 6) is -3.83. The van der Waals surface area contributed by atoms with Crippen LogP contribution in [0.3, 0.4) is 0 Å². The van der Waals surface area contributed by atoms with Crippen LogP contribution in [-0.2, 0) is 48.0 Å². The van der Waals surface area contributed by atoms with E-state index in [1.807, 2.05) is 30.3 Å². The molecule has 2 aromatic carbocycles. The number of carbonyl (C=O) groups is 4. The minimum atomic E-state index is -2.01. The molecule has 2 heterocycles. The Morgan fingerprint density at radius 3 is 2.17 bits per heavy atom. The molecule has 1 saturated heterocycles. The third kappa shape index (κ3) is 7.57. The maximum absolute atomic E-state index is 13.9. The number of aliphatic hydroxyl groups is 3. The van der Waals surface area contributed by atoms with Gasteiger partial charge in [0.1, 0.15) is 30.4 Å². The second kappa shape index (κ2) is 14.9. The lowest BCUT2D eigenvalue weighted by atomic mass is 9.92. The highest BCUT2D eigenvalue weighted by Crippen LogP contribution is 2.35. The highest BCUT2D eigenvalue weighted by Gasteiger charge is 2.50. The van der Waals surface area contributed by atoms with E-state index in [-0.39, 0.29) is 19.4 Å². The van der Waals surface area contributed by atoms with E-state index in [2.05, 4.69) is 5.32 Å². The van der Waals surface area contributed by atoms with Crippen molar-refractivity contribution in [3.05, 3.63) is 59.2 Å². The molecule has 0 unspecified atom stereocenters. The summed E-state index contributed by atoms with van der Waals surface area (Å²) in [6, 6.07) is 9.00. The Kier molecular flexibility index (Phi) is 11.2. The summed E-state index contributed by atoms with van der Waals surface area (Å²) in [6.07, 6.45) is -9.51. The quantitative estimate of drug-likeness (QED) is 0.160. The largest absolute Gasteiger partial charge is 0.493 e. The van der Waals surface area contributed by atoms with Gasteiger partial charge in [-0.15, -0.1) is 0 Å². The van der Waals surface area contributed by atoms with Crippen molar-refractivity contribution in [3.63, 3.8) is 0 Å². The van der Waals surface area contributed by atoms with Crippen molar-refractivity contribution in [1.29, 1.82) is 0 Å². The number of methoxy groups -OCH3 is 2. The van der Waals surface area contributed by atoms with Gasteiger partial charge in [0.05, 0.1) is 20.3 Å². The second-order valence-corrected chi connectivity index (χ2v) is 11.1. The van der Waals surface area contributed by atoms with Crippen molar-refractivity contribution in [2.45, 2.75) is 81.6 Å². The maximum Gasteiger partial charge on any atom is 0.335 e. The van der Waals surface area contributed by atoms with Gasteiger partial charge in [0.25, 0.3) is 0 Å². The van der Waals surface area contributed by atoms with Crippen LogP contribution in [0.2, 0.25) is 0 Å². The number of ether oxygens (including phenoxy) is 4. The predicted octanol–water partition coefficient (Wildman–Crippen LogP) is -0.543. The average Bonchev–Trinajstić information content (AvgIpc) is 3.05. The standard InChI is InChI=1S/C31H38N2O13/c1-15(32-19(28(38)39)10-9-16-7-5-4-6-8-16)27(37)33-14-18-13-22(44-3)21(43-2)12-17(18)11-20(33)30(42)46-31-25(36)23(34)24(35)26(45-31)29(40)41/h4-8,12-13,15,19-20,23-26,31-32,34-36H,9-11,14H2,1-3H3,(H,38,39)(H,40,41)/t15-,19-,20-,23-,24-,25+,26-,31-/m0/s1. The van der Waals surface area contributed by atoms with Crippen LogP contribution in [0.5, 0.6) is 11.5 Å². The molecule has 0 spiro atoms. The summed E-state index contributed by atoms with van der Waals surface area (Å²) in [5.41, 5.74) is 2.13. The van der Waals surface area contributed by atoms with Crippen molar-refractivity contribution in [1.82, 2.24) is 10.2 Å². The van der Waals surface area contributed by atoms with Crippen LogP contribution >= 0.6 is 0 Å². The number of hydrogen-bond donors (Lipinski definition) is 6. The Hall–Kier alpha value is -4.28. The molecule has 0 aromatic heterocycles. The SMILES string of the molecule is COc1cc2c(cc1OC)CN(C(=O)[C@H](C)N[C@@H](CCc1ccccc1)C(=O)O)[C@H](C(=O)O[C@@H]1O[C@H](C(=O)O)[C@@H](O)[C@H](O)[C@H]1O)C2. The van der Waals surface area contributed by atoms with Gasteiger partial charge < -0.3 is 49.4 Å². The predicted molar refractivity (Wildman–Crippen MR) is 157 cm³/mol. The summed E-state index contributed by atoms with van der Waals surface area (Å²) in [6.45, 7) is 1.34. The number of fused-ring (bicyclic) bond motifs is 1. The van der Waals surface area contributed by atoms with E-state index in [9.17, 15) is 44.7 Å². The Labute approximate surface area is 264 Å². The smallest absolute Gasteiger partial charge is 0.335 e. The summed E-state index contributed by atoms with van der Waals surface area (Å²) in [5, 5.41) is 52.6.